The Morgan fingerprint density at radius 2 is 1.44 bits per heavy atom. The topological polar surface area (TPSA) is 9.23 Å². The van der Waals surface area contributed by atoms with E-state index < -0.39 is 8.32 Å². The molecule has 0 fully saturated rings. The zero-order valence-corrected chi connectivity index (χ0v) is 14.3. The van der Waals surface area contributed by atoms with Gasteiger partial charge in [-0.15, -0.1) is 23.2 Å². The first-order valence-corrected chi connectivity index (χ1v) is 10.1. The van der Waals surface area contributed by atoms with Crippen molar-refractivity contribution in [3.8, 4) is 5.75 Å². The lowest BCUT2D eigenvalue weighted by molar-refractivity contribution is 0.491. The zero-order chi connectivity index (χ0) is 14.0. The summed E-state index contributed by atoms with van der Waals surface area (Å²) < 4.78 is 6.27. The van der Waals surface area contributed by atoms with Gasteiger partial charge in [-0.3, -0.25) is 0 Å². The Hall–Kier alpha value is -0.183. The molecule has 0 saturated heterocycles. The molecule has 0 N–H and O–H groups in total. The molecule has 0 aliphatic carbocycles. The van der Waals surface area contributed by atoms with Gasteiger partial charge in [-0.25, -0.2) is 0 Å². The standard InChI is InChI=1S/C14H22Cl2OSi/c1-14(2,3)18(4,5)17-13-7-11(9-15)6-12(8-13)10-16/h6-8H,9-10H2,1-5H3. The van der Waals surface area contributed by atoms with E-state index >= 15 is 0 Å². The molecule has 1 rings (SSSR count). The molecule has 0 heterocycles. The van der Waals surface area contributed by atoms with Crippen molar-refractivity contribution in [3.05, 3.63) is 29.3 Å². The minimum absolute atomic E-state index is 0.186. The lowest BCUT2D eigenvalue weighted by Gasteiger charge is -2.36. The monoisotopic (exact) mass is 304 g/mol. The molecule has 0 aromatic heterocycles. The first kappa shape index (κ1) is 15.9. The van der Waals surface area contributed by atoms with Crippen LogP contribution in [0.2, 0.25) is 18.1 Å². The van der Waals surface area contributed by atoms with E-state index in [0.717, 1.165) is 16.9 Å². The molecule has 0 unspecified atom stereocenters. The molecule has 102 valence electrons. The number of benzene rings is 1. The molecule has 0 aliphatic heterocycles. The normalized spacial score (nSPS) is 12.6. The van der Waals surface area contributed by atoms with Crippen LogP contribution in [0.1, 0.15) is 31.9 Å². The Kier molecular flexibility index (Phi) is 5.16. The summed E-state index contributed by atoms with van der Waals surface area (Å²) in [6, 6.07) is 6.06. The Morgan fingerprint density at radius 3 is 1.78 bits per heavy atom. The third-order valence-electron chi connectivity index (χ3n) is 3.51. The number of halogens is 2. The second-order valence-corrected chi connectivity index (χ2v) is 11.4. The van der Waals surface area contributed by atoms with Crippen molar-refractivity contribution in [2.45, 2.75) is 50.7 Å². The minimum Gasteiger partial charge on any atom is -0.543 e. The van der Waals surface area contributed by atoms with Gasteiger partial charge in [0.15, 0.2) is 0 Å². The van der Waals surface area contributed by atoms with E-state index in [4.69, 9.17) is 27.6 Å². The molecule has 0 atom stereocenters. The Morgan fingerprint density at radius 1 is 1.00 bits per heavy atom. The van der Waals surface area contributed by atoms with Crippen molar-refractivity contribution < 1.29 is 4.43 Å². The predicted octanol–water partition coefficient (Wildman–Crippen LogP) is 5.55. The first-order chi connectivity index (χ1) is 8.19. The van der Waals surface area contributed by atoms with E-state index in [9.17, 15) is 0 Å². The minimum atomic E-state index is -1.80. The Bertz CT molecular complexity index is 388. The highest BCUT2D eigenvalue weighted by Gasteiger charge is 2.39. The summed E-state index contributed by atoms with van der Waals surface area (Å²) in [4.78, 5) is 0. The summed E-state index contributed by atoms with van der Waals surface area (Å²) in [5, 5.41) is 0.186. The van der Waals surface area contributed by atoms with E-state index in [0.29, 0.717) is 11.8 Å². The molecule has 1 nitrogen and oxygen atoms in total. The van der Waals surface area contributed by atoms with Crippen LogP contribution in [0.3, 0.4) is 0 Å². The smallest absolute Gasteiger partial charge is 0.250 e. The zero-order valence-electron chi connectivity index (χ0n) is 11.8. The van der Waals surface area contributed by atoms with Gasteiger partial charge >= 0.3 is 0 Å². The van der Waals surface area contributed by atoms with Crippen molar-refractivity contribution in [2.75, 3.05) is 0 Å². The first-order valence-electron chi connectivity index (χ1n) is 6.13. The van der Waals surface area contributed by atoms with Gasteiger partial charge in [0, 0.05) is 11.8 Å². The highest BCUT2D eigenvalue weighted by molar-refractivity contribution is 6.74. The summed E-state index contributed by atoms with van der Waals surface area (Å²) in [6.07, 6.45) is 0. The third-order valence-corrected chi connectivity index (χ3v) is 8.49. The van der Waals surface area contributed by atoms with Crippen molar-refractivity contribution in [1.29, 1.82) is 0 Å². The number of hydrogen-bond donors (Lipinski definition) is 0. The second kappa shape index (κ2) is 5.85. The summed E-state index contributed by atoms with van der Waals surface area (Å²) >= 11 is 11.8. The molecule has 0 amide bonds. The van der Waals surface area contributed by atoms with Gasteiger partial charge in [0.05, 0.1) is 0 Å². The summed E-state index contributed by atoms with van der Waals surface area (Å²) in [5.74, 6) is 1.87. The Labute approximate surface area is 122 Å². The average molecular weight is 305 g/mol. The van der Waals surface area contributed by atoms with Crippen molar-refractivity contribution in [2.24, 2.45) is 0 Å². The van der Waals surface area contributed by atoms with E-state index in [-0.39, 0.29) is 5.04 Å². The lowest BCUT2D eigenvalue weighted by atomic mass is 10.1. The van der Waals surface area contributed by atoms with E-state index in [2.05, 4.69) is 33.9 Å². The molecule has 0 radical (unpaired) electrons. The van der Waals surface area contributed by atoms with Crippen LogP contribution in [0.4, 0.5) is 0 Å². The lowest BCUT2D eigenvalue weighted by Crippen LogP contribution is -2.43. The molecule has 0 spiro atoms. The van der Waals surface area contributed by atoms with Crippen LogP contribution >= 0.6 is 23.2 Å². The van der Waals surface area contributed by atoms with Gasteiger partial charge in [0.25, 0.3) is 0 Å². The molecule has 1 aromatic rings. The van der Waals surface area contributed by atoms with Gasteiger partial charge in [-0.05, 0) is 41.4 Å². The van der Waals surface area contributed by atoms with Crippen LogP contribution < -0.4 is 4.43 Å². The SMILES string of the molecule is CC(C)(C)[Si](C)(C)Oc1cc(CCl)cc(CCl)c1. The molecule has 18 heavy (non-hydrogen) atoms. The van der Waals surface area contributed by atoms with Crippen LogP contribution in [-0.2, 0) is 11.8 Å². The number of alkyl halides is 2. The second-order valence-electron chi connectivity index (χ2n) is 6.11. The van der Waals surface area contributed by atoms with E-state index in [1.807, 2.05) is 18.2 Å². The van der Waals surface area contributed by atoms with E-state index in [1.165, 1.54) is 0 Å². The summed E-state index contributed by atoms with van der Waals surface area (Å²) in [7, 11) is -1.80. The Balaban J connectivity index is 3.04. The van der Waals surface area contributed by atoms with Crippen molar-refractivity contribution in [3.63, 3.8) is 0 Å². The molecule has 0 aliphatic rings. The fraction of sp³-hybridized carbons (Fsp3) is 0.571. The molecule has 0 bridgehead atoms. The largest absolute Gasteiger partial charge is 0.543 e. The van der Waals surface area contributed by atoms with Gasteiger partial charge in [-0.2, -0.15) is 0 Å². The highest BCUT2D eigenvalue weighted by atomic mass is 35.5. The van der Waals surface area contributed by atoms with Gasteiger partial charge in [0.2, 0.25) is 8.32 Å². The maximum absolute atomic E-state index is 6.27. The van der Waals surface area contributed by atoms with Crippen LogP contribution in [0.5, 0.6) is 5.75 Å². The fourth-order valence-corrected chi connectivity index (χ4v) is 2.71. The van der Waals surface area contributed by atoms with Crippen LogP contribution in [-0.4, -0.2) is 8.32 Å². The molecular formula is C14H22Cl2OSi. The fourth-order valence-electron chi connectivity index (χ4n) is 1.39. The quantitative estimate of drug-likeness (QED) is 0.523. The van der Waals surface area contributed by atoms with Gasteiger partial charge in [-0.1, -0.05) is 26.8 Å². The van der Waals surface area contributed by atoms with Crippen LogP contribution in [0.25, 0.3) is 0 Å². The number of rotatable bonds is 4. The number of hydrogen-bond acceptors (Lipinski definition) is 1. The molecule has 0 saturated carbocycles. The maximum atomic E-state index is 6.27. The van der Waals surface area contributed by atoms with Crippen molar-refractivity contribution in [1.82, 2.24) is 0 Å². The van der Waals surface area contributed by atoms with Crippen LogP contribution in [0.15, 0.2) is 18.2 Å². The predicted molar refractivity (Wildman–Crippen MR) is 83.4 cm³/mol. The molecular weight excluding hydrogens is 283 g/mol. The highest BCUT2D eigenvalue weighted by Crippen LogP contribution is 2.37. The molecule has 4 heteroatoms. The van der Waals surface area contributed by atoms with E-state index in [1.54, 1.807) is 0 Å². The van der Waals surface area contributed by atoms with Crippen LogP contribution in [0, 0.1) is 0 Å². The molecule has 1 aromatic carbocycles. The maximum Gasteiger partial charge on any atom is 0.250 e. The van der Waals surface area contributed by atoms with Gasteiger partial charge < -0.3 is 4.43 Å². The summed E-state index contributed by atoms with van der Waals surface area (Å²) in [6.45, 7) is 11.2. The van der Waals surface area contributed by atoms with Crippen molar-refractivity contribution >= 4 is 31.5 Å². The van der Waals surface area contributed by atoms with Gasteiger partial charge in [0.1, 0.15) is 5.75 Å². The average Bonchev–Trinajstić information content (AvgIpc) is 2.26. The summed E-state index contributed by atoms with van der Waals surface area (Å²) in [5.41, 5.74) is 2.12. The third kappa shape index (κ3) is 3.91.